The molecule has 172 valence electrons. The monoisotopic (exact) mass is 459 g/mol. The molecule has 3 aromatic carbocycles. The second kappa shape index (κ2) is 10.3. The molecular formula is C28H27N3O3. The molecule has 34 heavy (non-hydrogen) atoms. The first-order valence-electron chi connectivity index (χ1n) is 13.5. The molecule has 0 aliphatic heterocycles. The number of aromatic nitrogens is 1. The van der Waals surface area contributed by atoms with E-state index in [0.717, 1.165) is 5.56 Å². The maximum Gasteiger partial charge on any atom is 0.338 e. The number of carbonyl (C=O) groups is 2. The summed E-state index contributed by atoms with van der Waals surface area (Å²) in [6, 6.07) is 16.2. The molecule has 3 N–H and O–H groups in total. The molecule has 0 fully saturated rings. The Morgan fingerprint density at radius 3 is 2.62 bits per heavy atom. The number of anilines is 1. The smallest absolute Gasteiger partial charge is 0.338 e. The topological polar surface area (TPSA) is 94.3 Å². The first kappa shape index (κ1) is 16.6. The Balaban J connectivity index is 1.60. The molecule has 1 aromatic heterocycles. The van der Waals surface area contributed by atoms with Crippen molar-refractivity contribution in [3.63, 3.8) is 0 Å². The number of rotatable bonds is 7. The number of carbonyl (C=O) groups excluding carboxylic acids is 2. The molecule has 0 saturated heterocycles. The molecule has 0 unspecified atom stereocenters. The predicted octanol–water partition coefficient (Wildman–Crippen LogP) is 4.89. The molecule has 1 atom stereocenters. The molecule has 1 amide bonds. The van der Waals surface area contributed by atoms with Crippen LogP contribution in [0.25, 0.3) is 10.8 Å². The van der Waals surface area contributed by atoms with Gasteiger partial charge in [0.2, 0.25) is 5.91 Å². The van der Waals surface area contributed by atoms with Gasteiger partial charge in [-0.05, 0) is 60.2 Å². The van der Waals surface area contributed by atoms with Gasteiger partial charge in [0.1, 0.15) is 6.56 Å². The van der Waals surface area contributed by atoms with E-state index >= 15 is 0 Å². The summed E-state index contributed by atoms with van der Waals surface area (Å²) in [5, 5.41) is 3.69. The number of ether oxygens (including phenoxy) is 1. The Labute approximate surface area is 207 Å². The van der Waals surface area contributed by atoms with Gasteiger partial charge in [0.15, 0.2) is 0 Å². The first-order valence-corrected chi connectivity index (χ1v) is 10.5. The van der Waals surface area contributed by atoms with Gasteiger partial charge >= 0.3 is 5.97 Å². The highest BCUT2D eigenvalue weighted by molar-refractivity contribution is 5.98. The molecule has 6 nitrogen and oxygen atoms in total. The number of nitrogens with two attached hydrogens (primary N) is 1. The van der Waals surface area contributed by atoms with Crippen LogP contribution in [0.1, 0.15) is 46.7 Å². The average molecular weight is 460 g/mol. The number of benzene rings is 3. The summed E-state index contributed by atoms with van der Waals surface area (Å²) in [4.78, 5) is 29.9. The molecule has 0 spiro atoms. The van der Waals surface area contributed by atoms with Crippen LogP contribution in [0.2, 0.25) is 0 Å². The number of amides is 1. The second-order valence-electron chi connectivity index (χ2n) is 7.72. The summed E-state index contributed by atoms with van der Waals surface area (Å²) in [6.07, 6.45) is 1.51. The van der Waals surface area contributed by atoms with Gasteiger partial charge in [-0.3, -0.25) is 9.78 Å². The largest absolute Gasteiger partial charge is 0.457 e. The quantitative estimate of drug-likeness (QED) is 0.384. The minimum Gasteiger partial charge on any atom is -0.457 e. The van der Waals surface area contributed by atoms with Crippen LogP contribution in [0.3, 0.4) is 0 Å². The zero-order chi connectivity index (χ0) is 29.5. The molecular weight excluding hydrogens is 426 g/mol. The highest BCUT2D eigenvalue weighted by Crippen LogP contribution is 2.22. The van der Waals surface area contributed by atoms with Gasteiger partial charge in [-0.2, -0.15) is 0 Å². The van der Waals surface area contributed by atoms with E-state index in [-0.39, 0.29) is 28.6 Å². The Morgan fingerprint density at radius 1 is 1.09 bits per heavy atom. The van der Waals surface area contributed by atoms with Crippen molar-refractivity contribution in [2.45, 2.75) is 26.3 Å². The van der Waals surface area contributed by atoms with Crippen molar-refractivity contribution in [2.75, 3.05) is 11.8 Å². The van der Waals surface area contributed by atoms with Crippen molar-refractivity contribution in [3.8, 4) is 0 Å². The highest BCUT2D eigenvalue weighted by Gasteiger charge is 2.19. The Bertz CT molecular complexity index is 1610. The first-order chi connectivity index (χ1) is 18.6. The van der Waals surface area contributed by atoms with Gasteiger partial charge in [0, 0.05) is 34.1 Å². The minimum atomic E-state index is -2.85. The van der Waals surface area contributed by atoms with Crippen LogP contribution in [0.15, 0.2) is 79.1 Å². The zero-order valence-corrected chi connectivity index (χ0v) is 18.7. The van der Waals surface area contributed by atoms with Gasteiger partial charge in [-0.25, -0.2) is 4.79 Å². The number of hydrogen-bond acceptors (Lipinski definition) is 5. The summed E-state index contributed by atoms with van der Waals surface area (Å²) >= 11 is 0. The lowest BCUT2D eigenvalue weighted by Gasteiger charge is -2.16. The standard InChI is InChI=1S/C28H27N3O3/c1-18-3-10-25(19(2)13-18)28(33)34-17-20-4-6-21(7-5-20)26(15-29)27(32)31-24-9-8-23-16-30-12-11-22(23)14-24/h3-14,16,26H,15,17,29H2,1-2H3,(H,31,32)/t26-/m1/s1/i15D2,16D,17D2,26D. The third-order valence-electron chi connectivity index (χ3n) is 5.23. The van der Waals surface area contributed by atoms with E-state index in [1.54, 1.807) is 43.3 Å². The van der Waals surface area contributed by atoms with E-state index in [1.807, 2.05) is 6.92 Å². The number of pyridine rings is 1. The third kappa shape index (κ3) is 5.30. The number of nitrogens with zero attached hydrogens (tertiary/aromatic N) is 1. The van der Waals surface area contributed by atoms with E-state index in [2.05, 4.69) is 10.3 Å². The zero-order valence-electron chi connectivity index (χ0n) is 24.7. The van der Waals surface area contributed by atoms with Crippen LogP contribution in [-0.2, 0) is 16.1 Å². The highest BCUT2D eigenvalue weighted by atomic mass is 16.5. The van der Waals surface area contributed by atoms with Crippen LogP contribution in [-0.4, -0.2) is 23.4 Å². The van der Waals surface area contributed by atoms with Crippen molar-refractivity contribution < 1.29 is 22.6 Å². The Kier molecular flexibility index (Phi) is 5.00. The van der Waals surface area contributed by atoms with Crippen LogP contribution in [0.4, 0.5) is 5.69 Å². The number of fused-ring (bicyclic) bond motifs is 1. The van der Waals surface area contributed by atoms with Gasteiger partial charge in [-0.15, -0.1) is 0 Å². The van der Waals surface area contributed by atoms with Gasteiger partial charge in [0.25, 0.3) is 0 Å². The van der Waals surface area contributed by atoms with Gasteiger partial charge in [-0.1, -0.05) is 48.0 Å². The molecule has 4 rings (SSSR count). The van der Waals surface area contributed by atoms with E-state index in [4.69, 9.17) is 18.7 Å². The lowest BCUT2D eigenvalue weighted by Crippen LogP contribution is -2.27. The van der Waals surface area contributed by atoms with Gasteiger partial charge < -0.3 is 15.8 Å². The minimum absolute atomic E-state index is 0.0585. The lowest BCUT2D eigenvalue weighted by atomic mass is 9.97. The third-order valence-corrected chi connectivity index (χ3v) is 5.23. The number of nitrogens with one attached hydrogen (secondary N) is 1. The van der Waals surface area contributed by atoms with Crippen LogP contribution in [0, 0.1) is 13.8 Å². The summed E-state index contributed by atoms with van der Waals surface area (Å²) in [6.45, 7) is -1.82. The lowest BCUT2D eigenvalue weighted by molar-refractivity contribution is -0.117. The maximum atomic E-state index is 13.3. The van der Waals surface area contributed by atoms with E-state index < -0.39 is 30.8 Å². The molecule has 4 aromatic rings. The van der Waals surface area contributed by atoms with Crippen LogP contribution < -0.4 is 11.1 Å². The van der Waals surface area contributed by atoms with E-state index in [1.165, 1.54) is 36.5 Å². The molecule has 0 bridgehead atoms. The van der Waals surface area contributed by atoms with Crippen LogP contribution in [0.5, 0.6) is 0 Å². The predicted molar refractivity (Wildman–Crippen MR) is 134 cm³/mol. The Morgan fingerprint density at radius 2 is 1.88 bits per heavy atom. The molecule has 0 radical (unpaired) electrons. The van der Waals surface area contributed by atoms with Crippen molar-refractivity contribution in [1.29, 1.82) is 0 Å². The van der Waals surface area contributed by atoms with Crippen molar-refractivity contribution in [2.24, 2.45) is 5.73 Å². The Hall–Kier alpha value is -4.03. The number of hydrogen-bond donors (Lipinski definition) is 2. The molecule has 0 aliphatic carbocycles. The SMILES string of the molecule is [2H]c1nccc2cc(NC(=O)[C@@]([2H])(c3ccc(C([2H])([2H])OC(=O)c4ccc(C)cc4C)cc3)C([2H])([2H])N)ccc12. The van der Waals surface area contributed by atoms with Crippen molar-refractivity contribution in [3.05, 3.63) is 107 Å². The summed E-state index contributed by atoms with van der Waals surface area (Å²) < 4.78 is 54.7. The van der Waals surface area contributed by atoms with Crippen LogP contribution >= 0.6 is 0 Å². The fourth-order valence-electron chi connectivity index (χ4n) is 3.49. The summed E-state index contributed by atoms with van der Waals surface area (Å²) in [7, 11) is 0. The molecule has 0 saturated carbocycles. The fourth-order valence-corrected chi connectivity index (χ4v) is 3.49. The average Bonchev–Trinajstić information content (AvgIpc) is 2.87. The summed E-state index contributed by atoms with van der Waals surface area (Å²) in [5.74, 6) is -4.55. The molecule has 0 aliphatic rings. The van der Waals surface area contributed by atoms with E-state index in [0.29, 0.717) is 16.3 Å². The van der Waals surface area contributed by atoms with Gasteiger partial charge in [0.05, 0.1) is 15.6 Å². The van der Waals surface area contributed by atoms with Crippen molar-refractivity contribution in [1.82, 2.24) is 4.98 Å². The second-order valence-corrected chi connectivity index (χ2v) is 7.72. The number of aryl methyl sites for hydroxylation is 2. The fraction of sp³-hybridized carbons (Fsp3) is 0.179. The normalized spacial score (nSPS) is 16.1. The number of esters is 1. The van der Waals surface area contributed by atoms with E-state index in [9.17, 15) is 9.59 Å². The van der Waals surface area contributed by atoms with Crippen molar-refractivity contribution >= 4 is 28.3 Å². The molecule has 6 heteroatoms. The maximum absolute atomic E-state index is 13.3. The molecule has 1 heterocycles. The summed E-state index contributed by atoms with van der Waals surface area (Å²) in [5.41, 5.74) is 7.53.